The van der Waals surface area contributed by atoms with Crippen LogP contribution >= 0.6 is 12.4 Å². The number of halogens is 1. The molecule has 1 rings (SSSR count). The summed E-state index contributed by atoms with van der Waals surface area (Å²) < 4.78 is 4.63. The summed E-state index contributed by atoms with van der Waals surface area (Å²) in [5.41, 5.74) is 0.338. The van der Waals surface area contributed by atoms with Crippen molar-refractivity contribution in [2.24, 2.45) is 0 Å². The molecule has 0 saturated carbocycles. The number of aromatic nitrogens is 1. The Balaban J connectivity index is 0.000001000. The van der Waals surface area contributed by atoms with Crippen LogP contribution in [0.4, 0.5) is 0 Å². The van der Waals surface area contributed by atoms with Crippen LogP contribution in [0.25, 0.3) is 0 Å². The van der Waals surface area contributed by atoms with Crippen molar-refractivity contribution in [1.82, 2.24) is 9.88 Å². The van der Waals surface area contributed by atoms with Gasteiger partial charge in [0.25, 0.3) is 5.91 Å². The number of carbonyl (C=O) groups excluding carboxylic acids is 1. The Morgan fingerprint density at radius 2 is 2.27 bits per heavy atom. The van der Waals surface area contributed by atoms with E-state index >= 15 is 0 Å². The van der Waals surface area contributed by atoms with E-state index in [0.29, 0.717) is 5.69 Å². The minimum Gasteiger partial charge on any atom is -0.451 e. The molecule has 0 unspecified atom stereocenters. The molecule has 1 heterocycles. The van der Waals surface area contributed by atoms with Gasteiger partial charge in [0.15, 0.2) is 12.1 Å². The number of oxazole rings is 1. The molecule has 4 nitrogen and oxygen atoms in total. The average molecular weight is 177 g/mol. The lowest BCUT2D eigenvalue weighted by atomic mass is 10.4. The quantitative estimate of drug-likeness (QED) is 0.636. The summed E-state index contributed by atoms with van der Waals surface area (Å²) in [5, 5.41) is 0. The maximum absolute atomic E-state index is 11.0. The van der Waals surface area contributed by atoms with Gasteiger partial charge in [-0.1, -0.05) is 0 Å². The third-order valence-electron chi connectivity index (χ3n) is 1.06. The Hall–Kier alpha value is -1.03. The molecule has 0 fully saturated rings. The first kappa shape index (κ1) is 9.97. The Morgan fingerprint density at radius 3 is 2.64 bits per heavy atom. The van der Waals surface area contributed by atoms with E-state index in [2.05, 4.69) is 9.40 Å². The van der Waals surface area contributed by atoms with E-state index in [0.717, 1.165) is 0 Å². The second-order valence-corrected chi connectivity index (χ2v) is 2.07. The molecule has 0 N–H and O–H groups in total. The second kappa shape index (κ2) is 3.98. The van der Waals surface area contributed by atoms with Crippen molar-refractivity contribution in [1.29, 1.82) is 0 Å². The van der Waals surface area contributed by atoms with Gasteiger partial charge in [-0.15, -0.1) is 12.4 Å². The lowest BCUT2D eigenvalue weighted by Crippen LogP contribution is -2.21. The number of nitrogens with zero attached hydrogens (tertiary/aromatic N) is 2. The van der Waals surface area contributed by atoms with Crippen LogP contribution in [0.5, 0.6) is 0 Å². The molecule has 0 atom stereocenters. The third kappa shape index (κ3) is 2.23. The summed E-state index contributed by atoms with van der Waals surface area (Å²) in [6, 6.07) is 0. The fourth-order valence-electron chi connectivity index (χ4n) is 0.547. The molecule has 0 radical (unpaired) electrons. The van der Waals surface area contributed by atoms with Crippen LogP contribution in [0.1, 0.15) is 10.5 Å². The van der Waals surface area contributed by atoms with E-state index in [4.69, 9.17) is 0 Å². The fourth-order valence-corrected chi connectivity index (χ4v) is 0.547. The standard InChI is InChI=1S/C6H8N2O2.ClH/c1-8(2)6(9)5-3-10-4-7-5;/h3-4H,1-2H3;1H. The van der Waals surface area contributed by atoms with Gasteiger partial charge < -0.3 is 9.32 Å². The maximum atomic E-state index is 11.0. The van der Waals surface area contributed by atoms with E-state index in [9.17, 15) is 4.79 Å². The van der Waals surface area contributed by atoms with E-state index in [1.165, 1.54) is 17.6 Å². The van der Waals surface area contributed by atoms with Gasteiger partial charge in [-0.25, -0.2) is 4.98 Å². The molecule has 0 spiro atoms. The van der Waals surface area contributed by atoms with Crippen LogP contribution in [-0.4, -0.2) is 29.9 Å². The molecule has 0 aliphatic carbocycles. The molecule has 5 heteroatoms. The van der Waals surface area contributed by atoms with Crippen molar-refractivity contribution in [2.45, 2.75) is 0 Å². The number of hydrogen-bond donors (Lipinski definition) is 0. The van der Waals surface area contributed by atoms with Gasteiger partial charge in [-0.2, -0.15) is 0 Å². The molecule has 11 heavy (non-hydrogen) atoms. The summed E-state index contributed by atoms with van der Waals surface area (Å²) in [7, 11) is 3.33. The van der Waals surface area contributed by atoms with Crippen LogP contribution in [0.2, 0.25) is 0 Å². The first-order chi connectivity index (χ1) is 4.72. The van der Waals surface area contributed by atoms with Crippen molar-refractivity contribution in [3.05, 3.63) is 18.4 Å². The molecule has 0 saturated heterocycles. The van der Waals surface area contributed by atoms with Crippen molar-refractivity contribution in [2.75, 3.05) is 14.1 Å². The normalized spacial score (nSPS) is 8.55. The van der Waals surface area contributed by atoms with Crippen molar-refractivity contribution in [3.63, 3.8) is 0 Å². The highest BCUT2D eigenvalue weighted by Crippen LogP contribution is 1.96. The molecular weight excluding hydrogens is 168 g/mol. The van der Waals surface area contributed by atoms with Gasteiger partial charge in [0.2, 0.25) is 0 Å². The Kier molecular flexibility index (Phi) is 3.60. The minimum atomic E-state index is -0.145. The van der Waals surface area contributed by atoms with Gasteiger partial charge in [0.05, 0.1) is 0 Å². The second-order valence-electron chi connectivity index (χ2n) is 2.07. The molecule has 62 valence electrons. The molecular formula is C6H9ClN2O2. The Morgan fingerprint density at radius 1 is 1.64 bits per heavy atom. The average Bonchev–Trinajstić information content (AvgIpc) is 2.36. The van der Waals surface area contributed by atoms with Gasteiger partial charge in [-0.3, -0.25) is 4.79 Å². The predicted molar refractivity (Wildman–Crippen MR) is 41.8 cm³/mol. The molecule has 0 aliphatic heterocycles. The van der Waals surface area contributed by atoms with E-state index < -0.39 is 0 Å². The van der Waals surface area contributed by atoms with Crippen LogP contribution in [0.3, 0.4) is 0 Å². The van der Waals surface area contributed by atoms with E-state index in [1.807, 2.05) is 0 Å². The van der Waals surface area contributed by atoms with Crippen molar-refractivity contribution < 1.29 is 9.21 Å². The topological polar surface area (TPSA) is 46.3 Å². The summed E-state index contributed by atoms with van der Waals surface area (Å²) in [4.78, 5) is 16.1. The molecule has 0 aromatic carbocycles. The van der Waals surface area contributed by atoms with Crippen molar-refractivity contribution >= 4 is 18.3 Å². The largest absolute Gasteiger partial charge is 0.451 e. The maximum Gasteiger partial charge on any atom is 0.275 e. The minimum absolute atomic E-state index is 0. The monoisotopic (exact) mass is 176 g/mol. The van der Waals surface area contributed by atoms with E-state index in [-0.39, 0.29) is 18.3 Å². The van der Waals surface area contributed by atoms with Crippen molar-refractivity contribution in [3.8, 4) is 0 Å². The Labute approximate surface area is 70.6 Å². The predicted octanol–water partition coefficient (Wildman–Crippen LogP) is 0.798. The van der Waals surface area contributed by atoms with Crippen LogP contribution in [0.15, 0.2) is 17.1 Å². The molecule has 0 aliphatic rings. The molecule has 1 aromatic rings. The molecule has 0 bridgehead atoms. The first-order valence-electron chi connectivity index (χ1n) is 2.81. The number of rotatable bonds is 1. The van der Waals surface area contributed by atoms with E-state index in [1.54, 1.807) is 14.1 Å². The highest BCUT2D eigenvalue weighted by molar-refractivity contribution is 5.91. The van der Waals surface area contributed by atoms with Gasteiger partial charge in [-0.05, 0) is 0 Å². The summed E-state index contributed by atoms with van der Waals surface area (Å²) in [5.74, 6) is -0.145. The number of hydrogen-bond acceptors (Lipinski definition) is 3. The summed E-state index contributed by atoms with van der Waals surface area (Å²) in [6.07, 6.45) is 2.55. The fraction of sp³-hybridized carbons (Fsp3) is 0.333. The lowest BCUT2D eigenvalue weighted by molar-refractivity contribution is 0.0822. The smallest absolute Gasteiger partial charge is 0.275 e. The van der Waals surface area contributed by atoms with Gasteiger partial charge >= 0.3 is 0 Å². The highest BCUT2D eigenvalue weighted by atomic mass is 35.5. The zero-order valence-electron chi connectivity index (χ0n) is 6.27. The summed E-state index contributed by atoms with van der Waals surface area (Å²) >= 11 is 0. The van der Waals surface area contributed by atoms with Crippen LogP contribution in [-0.2, 0) is 0 Å². The summed E-state index contributed by atoms with van der Waals surface area (Å²) in [6.45, 7) is 0. The zero-order valence-corrected chi connectivity index (χ0v) is 7.09. The first-order valence-corrected chi connectivity index (χ1v) is 2.81. The number of amides is 1. The highest BCUT2D eigenvalue weighted by Gasteiger charge is 2.09. The van der Waals surface area contributed by atoms with Gasteiger partial charge in [0, 0.05) is 14.1 Å². The van der Waals surface area contributed by atoms with Crippen LogP contribution in [0, 0.1) is 0 Å². The number of carbonyl (C=O) groups is 1. The third-order valence-corrected chi connectivity index (χ3v) is 1.06. The molecule has 1 amide bonds. The zero-order chi connectivity index (χ0) is 7.56. The Bertz CT molecular complexity index is 220. The lowest BCUT2D eigenvalue weighted by Gasteiger charge is -2.05. The van der Waals surface area contributed by atoms with Crippen LogP contribution < -0.4 is 0 Å². The molecule has 1 aromatic heterocycles. The SMILES string of the molecule is CN(C)C(=O)c1cocn1.Cl. The van der Waals surface area contributed by atoms with Gasteiger partial charge in [0.1, 0.15) is 6.26 Å².